The normalized spacial score (nSPS) is 32.3. The van der Waals surface area contributed by atoms with E-state index in [2.05, 4.69) is 39.5 Å². The molecule has 1 heteroatoms. The van der Waals surface area contributed by atoms with Crippen LogP contribution in [-0.4, -0.2) is 5.25 Å². The molecular weight excluding hydrogens is 152 g/mol. The van der Waals surface area contributed by atoms with E-state index in [0.29, 0.717) is 5.25 Å². The highest BCUT2D eigenvalue weighted by atomic mass is 32.1. The molecule has 0 saturated carbocycles. The lowest BCUT2D eigenvalue weighted by atomic mass is 9.82. The van der Waals surface area contributed by atoms with E-state index in [1.165, 1.54) is 18.4 Å². The van der Waals surface area contributed by atoms with Crippen molar-refractivity contribution in [1.29, 1.82) is 0 Å². The molecule has 0 aliphatic heterocycles. The molecule has 0 amide bonds. The lowest BCUT2D eigenvalue weighted by molar-refractivity contribution is 0.360. The highest BCUT2D eigenvalue weighted by molar-refractivity contribution is 7.81. The highest BCUT2D eigenvalue weighted by Gasteiger charge is 2.22. The molecule has 1 rings (SSSR count). The molecule has 0 radical (unpaired) electrons. The first kappa shape index (κ1) is 9.18. The summed E-state index contributed by atoms with van der Waals surface area (Å²) in [6.07, 6.45) is 4.92. The van der Waals surface area contributed by atoms with Crippen LogP contribution in [-0.2, 0) is 0 Å². The van der Waals surface area contributed by atoms with Crippen molar-refractivity contribution in [3.63, 3.8) is 0 Å². The lowest BCUT2D eigenvalue weighted by Gasteiger charge is -2.29. The van der Waals surface area contributed by atoms with Crippen molar-refractivity contribution in [1.82, 2.24) is 0 Å². The SMILES string of the molecule is CC1=C[C@@H](S)[C@@H](C(C)C)CC1. The molecule has 64 valence electrons. The topological polar surface area (TPSA) is 0 Å². The molecule has 0 aromatic carbocycles. The van der Waals surface area contributed by atoms with Gasteiger partial charge in [-0.2, -0.15) is 12.6 Å². The molecule has 1 aliphatic carbocycles. The molecule has 0 unspecified atom stereocenters. The van der Waals surface area contributed by atoms with E-state index in [-0.39, 0.29) is 0 Å². The standard InChI is InChI=1S/C10H18S/c1-7(2)9-5-4-8(3)6-10(9)11/h6-7,9-11H,4-5H2,1-3H3/t9-,10-/m1/s1. The molecule has 0 aromatic rings. The summed E-state index contributed by atoms with van der Waals surface area (Å²) in [5.41, 5.74) is 1.52. The number of rotatable bonds is 1. The van der Waals surface area contributed by atoms with Crippen LogP contribution >= 0.6 is 12.6 Å². The van der Waals surface area contributed by atoms with Gasteiger partial charge in [0.2, 0.25) is 0 Å². The molecule has 1 aliphatic rings. The Labute approximate surface area is 75.5 Å². The van der Waals surface area contributed by atoms with Gasteiger partial charge in [0.15, 0.2) is 0 Å². The molecule has 0 bridgehead atoms. The van der Waals surface area contributed by atoms with Gasteiger partial charge in [-0.25, -0.2) is 0 Å². The molecule has 2 atom stereocenters. The summed E-state index contributed by atoms with van der Waals surface area (Å²) in [6, 6.07) is 0. The minimum absolute atomic E-state index is 0.503. The molecule has 0 fully saturated rings. The van der Waals surface area contributed by atoms with Gasteiger partial charge in [0.25, 0.3) is 0 Å². The van der Waals surface area contributed by atoms with Crippen LogP contribution in [0, 0.1) is 11.8 Å². The first-order valence-electron chi connectivity index (χ1n) is 4.46. The number of allylic oxidation sites excluding steroid dienone is 1. The Morgan fingerprint density at radius 3 is 2.64 bits per heavy atom. The number of thiol groups is 1. The summed E-state index contributed by atoms with van der Waals surface area (Å²) in [5, 5.41) is 0.503. The molecule has 0 heterocycles. The first-order valence-corrected chi connectivity index (χ1v) is 4.98. The van der Waals surface area contributed by atoms with Crippen molar-refractivity contribution in [2.24, 2.45) is 11.8 Å². The lowest BCUT2D eigenvalue weighted by Crippen LogP contribution is -2.22. The molecule has 0 saturated heterocycles. The maximum Gasteiger partial charge on any atom is 0.0230 e. The maximum atomic E-state index is 4.58. The molecule has 11 heavy (non-hydrogen) atoms. The van der Waals surface area contributed by atoms with E-state index in [1.807, 2.05) is 0 Å². The average molecular weight is 170 g/mol. The largest absolute Gasteiger partial charge is 0.171 e. The molecule has 0 spiro atoms. The van der Waals surface area contributed by atoms with Crippen LogP contribution < -0.4 is 0 Å². The third-order valence-electron chi connectivity index (χ3n) is 2.62. The minimum Gasteiger partial charge on any atom is -0.171 e. The predicted molar refractivity (Wildman–Crippen MR) is 54.1 cm³/mol. The van der Waals surface area contributed by atoms with Crippen molar-refractivity contribution in [2.75, 3.05) is 0 Å². The second-order valence-electron chi connectivity index (χ2n) is 3.95. The van der Waals surface area contributed by atoms with Gasteiger partial charge < -0.3 is 0 Å². The molecular formula is C10H18S. The highest BCUT2D eigenvalue weighted by Crippen LogP contribution is 2.32. The third-order valence-corrected chi connectivity index (χ3v) is 3.15. The monoisotopic (exact) mass is 170 g/mol. The molecule has 0 nitrogen and oxygen atoms in total. The van der Waals surface area contributed by atoms with Crippen LogP contribution in [0.4, 0.5) is 0 Å². The van der Waals surface area contributed by atoms with Crippen molar-refractivity contribution in [3.05, 3.63) is 11.6 Å². The maximum absolute atomic E-state index is 4.58. The van der Waals surface area contributed by atoms with Crippen molar-refractivity contribution in [3.8, 4) is 0 Å². The van der Waals surface area contributed by atoms with Crippen molar-refractivity contribution >= 4 is 12.6 Å². The Hall–Kier alpha value is 0.0900. The quantitative estimate of drug-likeness (QED) is 0.453. The zero-order chi connectivity index (χ0) is 8.43. The second-order valence-corrected chi connectivity index (χ2v) is 4.55. The van der Waals surface area contributed by atoms with E-state index in [4.69, 9.17) is 0 Å². The fourth-order valence-electron chi connectivity index (χ4n) is 1.79. The Bertz CT molecular complexity index is 158. The van der Waals surface area contributed by atoms with Gasteiger partial charge in [0, 0.05) is 5.25 Å². The van der Waals surface area contributed by atoms with Crippen molar-refractivity contribution < 1.29 is 0 Å². The summed E-state index contributed by atoms with van der Waals surface area (Å²) in [4.78, 5) is 0. The summed E-state index contributed by atoms with van der Waals surface area (Å²) < 4.78 is 0. The van der Waals surface area contributed by atoms with Gasteiger partial charge in [-0.3, -0.25) is 0 Å². The van der Waals surface area contributed by atoms with E-state index in [0.717, 1.165) is 11.8 Å². The molecule has 0 N–H and O–H groups in total. The number of hydrogen-bond donors (Lipinski definition) is 1. The van der Waals surface area contributed by atoms with E-state index in [1.54, 1.807) is 0 Å². The molecule has 0 aromatic heterocycles. The van der Waals surface area contributed by atoms with Gasteiger partial charge in [-0.1, -0.05) is 25.5 Å². The van der Waals surface area contributed by atoms with Gasteiger partial charge >= 0.3 is 0 Å². The van der Waals surface area contributed by atoms with Crippen molar-refractivity contribution in [2.45, 2.75) is 38.9 Å². The summed E-state index contributed by atoms with van der Waals surface area (Å²) in [5.74, 6) is 1.57. The summed E-state index contributed by atoms with van der Waals surface area (Å²) in [7, 11) is 0. The zero-order valence-electron chi connectivity index (χ0n) is 7.67. The summed E-state index contributed by atoms with van der Waals surface area (Å²) in [6.45, 7) is 6.80. The van der Waals surface area contributed by atoms with E-state index >= 15 is 0 Å². The van der Waals surface area contributed by atoms with Crippen LogP contribution in [0.3, 0.4) is 0 Å². The predicted octanol–water partition coefficient (Wildman–Crippen LogP) is 3.30. The Kier molecular flexibility index (Phi) is 3.06. The minimum atomic E-state index is 0.503. The third kappa shape index (κ3) is 2.26. The smallest absolute Gasteiger partial charge is 0.0230 e. The van der Waals surface area contributed by atoms with Gasteiger partial charge in [-0.05, 0) is 31.6 Å². The van der Waals surface area contributed by atoms with E-state index < -0.39 is 0 Å². The van der Waals surface area contributed by atoms with E-state index in [9.17, 15) is 0 Å². The Morgan fingerprint density at radius 1 is 1.55 bits per heavy atom. The first-order chi connectivity index (χ1) is 5.11. The van der Waals surface area contributed by atoms with Gasteiger partial charge in [0.1, 0.15) is 0 Å². The van der Waals surface area contributed by atoms with Crippen LogP contribution in [0.5, 0.6) is 0 Å². The second kappa shape index (κ2) is 3.66. The van der Waals surface area contributed by atoms with Crippen LogP contribution in [0.25, 0.3) is 0 Å². The van der Waals surface area contributed by atoms with Crippen LogP contribution in [0.15, 0.2) is 11.6 Å². The fraction of sp³-hybridized carbons (Fsp3) is 0.800. The Balaban J connectivity index is 2.60. The van der Waals surface area contributed by atoms with Gasteiger partial charge in [-0.15, -0.1) is 0 Å². The van der Waals surface area contributed by atoms with Crippen LogP contribution in [0.2, 0.25) is 0 Å². The van der Waals surface area contributed by atoms with Gasteiger partial charge in [0.05, 0.1) is 0 Å². The number of hydrogen-bond acceptors (Lipinski definition) is 1. The Morgan fingerprint density at radius 2 is 2.18 bits per heavy atom. The zero-order valence-corrected chi connectivity index (χ0v) is 8.57. The summed E-state index contributed by atoms with van der Waals surface area (Å²) >= 11 is 4.58. The van der Waals surface area contributed by atoms with Crippen LogP contribution in [0.1, 0.15) is 33.6 Å². The average Bonchev–Trinajstić information content (AvgIpc) is 1.85. The fourth-order valence-corrected chi connectivity index (χ4v) is 2.54.